The van der Waals surface area contributed by atoms with Crippen LogP contribution in [0.2, 0.25) is 0 Å². The van der Waals surface area contributed by atoms with Crippen LogP contribution in [0.5, 0.6) is 0 Å². The summed E-state index contributed by atoms with van der Waals surface area (Å²) in [6.07, 6.45) is 13.5. The van der Waals surface area contributed by atoms with E-state index in [9.17, 15) is 0 Å². The Labute approximate surface area is 137 Å². The highest BCUT2D eigenvalue weighted by atomic mass is 16.7. The average Bonchev–Trinajstić information content (AvgIpc) is 3.08. The Morgan fingerprint density at radius 2 is 2.04 bits per heavy atom. The Morgan fingerprint density at radius 3 is 2.74 bits per heavy atom. The van der Waals surface area contributed by atoms with Crippen molar-refractivity contribution < 1.29 is 4.84 Å². The van der Waals surface area contributed by atoms with E-state index in [-0.39, 0.29) is 11.0 Å². The SMILES string of the molecule is C(#CC12CC3CC(C1)CC(N1CC=CO1)(C3)C2)c1ccccn1. The summed E-state index contributed by atoms with van der Waals surface area (Å²) in [5.41, 5.74) is 1.29. The first-order chi connectivity index (χ1) is 11.3. The fourth-order valence-electron chi connectivity index (χ4n) is 5.89. The lowest BCUT2D eigenvalue weighted by Crippen LogP contribution is -2.62. The molecule has 4 aliphatic carbocycles. The average molecular weight is 306 g/mol. The van der Waals surface area contributed by atoms with Crippen molar-refractivity contribution in [3.05, 3.63) is 42.4 Å². The minimum Gasteiger partial charge on any atom is -0.413 e. The molecule has 0 aromatic carbocycles. The van der Waals surface area contributed by atoms with E-state index in [0.717, 1.165) is 30.5 Å². The monoisotopic (exact) mass is 306 g/mol. The van der Waals surface area contributed by atoms with E-state index in [0.29, 0.717) is 0 Å². The van der Waals surface area contributed by atoms with Gasteiger partial charge in [-0.25, -0.2) is 4.98 Å². The van der Waals surface area contributed by atoms with Crippen LogP contribution in [0.4, 0.5) is 0 Å². The zero-order chi connectivity index (χ0) is 15.3. The number of aromatic nitrogens is 1. The Kier molecular flexibility index (Phi) is 2.87. The Balaban J connectivity index is 1.48. The van der Waals surface area contributed by atoms with Gasteiger partial charge in [0.05, 0.1) is 12.1 Å². The molecule has 2 unspecified atom stereocenters. The highest BCUT2D eigenvalue weighted by molar-refractivity contribution is 5.32. The van der Waals surface area contributed by atoms with Gasteiger partial charge in [-0.05, 0) is 74.5 Å². The van der Waals surface area contributed by atoms with E-state index in [1.54, 1.807) is 0 Å². The van der Waals surface area contributed by atoms with Gasteiger partial charge in [0, 0.05) is 11.6 Å². The van der Waals surface area contributed by atoms with Crippen LogP contribution in [0.25, 0.3) is 0 Å². The lowest BCUT2D eigenvalue weighted by Gasteiger charge is -2.62. The maximum absolute atomic E-state index is 5.84. The zero-order valence-electron chi connectivity index (χ0n) is 13.4. The van der Waals surface area contributed by atoms with Crippen LogP contribution in [-0.4, -0.2) is 22.1 Å². The minimum absolute atomic E-state index is 0.174. The molecule has 118 valence electrons. The third-order valence-corrected chi connectivity index (χ3v) is 6.24. The summed E-state index contributed by atoms with van der Waals surface area (Å²) in [7, 11) is 0. The second kappa shape index (κ2) is 4.85. The quantitative estimate of drug-likeness (QED) is 0.742. The first-order valence-electron chi connectivity index (χ1n) is 8.79. The molecule has 2 heterocycles. The molecule has 1 aromatic heterocycles. The molecular formula is C20H22N2O. The van der Waals surface area contributed by atoms with Crippen LogP contribution < -0.4 is 0 Å². The summed E-state index contributed by atoms with van der Waals surface area (Å²) in [6, 6.07) is 5.97. The van der Waals surface area contributed by atoms with Crippen LogP contribution in [0, 0.1) is 29.1 Å². The summed E-state index contributed by atoms with van der Waals surface area (Å²) in [5.74, 6) is 8.69. The second-order valence-electron chi connectivity index (χ2n) is 7.97. The predicted molar refractivity (Wildman–Crippen MR) is 87.9 cm³/mol. The topological polar surface area (TPSA) is 25.4 Å². The number of hydroxylamine groups is 2. The van der Waals surface area contributed by atoms with E-state index in [1.807, 2.05) is 30.7 Å². The van der Waals surface area contributed by atoms with Gasteiger partial charge in [0.1, 0.15) is 12.0 Å². The van der Waals surface area contributed by atoms with Gasteiger partial charge in [0.25, 0.3) is 0 Å². The first-order valence-corrected chi connectivity index (χ1v) is 8.79. The molecule has 3 nitrogen and oxygen atoms in total. The number of hydrogen-bond acceptors (Lipinski definition) is 3. The summed E-state index contributed by atoms with van der Waals surface area (Å²) in [5, 5.41) is 2.25. The van der Waals surface area contributed by atoms with E-state index in [1.165, 1.54) is 32.1 Å². The fourth-order valence-corrected chi connectivity index (χ4v) is 5.89. The molecule has 0 amide bonds. The molecule has 0 N–H and O–H groups in total. The third kappa shape index (κ3) is 2.20. The van der Waals surface area contributed by atoms with Gasteiger partial charge >= 0.3 is 0 Å². The van der Waals surface area contributed by atoms with Crippen molar-refractivity contribution in [2.24, 2.45) is 17.3 Å². The van der Waals surface area contributed by atoms with Crippen molar-refractivity contribution in [1.82, 2.24) is 10.0 Å². The zero-order valence-corrected chi connectivity index (χ0v) is 13.4. The van der Waals surface area contributed by atoms with Crippen LogP contribution in [0.1, 0.15) is 44.2 Å². The highest BCUT2D eigenvalue weighted by Crippen LogP contribution is 2.63. The standard InChI is InChI=1S/C20H22N2O/c1-2-7-21-18(4-1)5-6-19-11-16-10-17(12-19)14-20(13-16,15-19)22-8-3-9-23-22/h1-4,7,9,16-17H,8,10-15H2. The maximum atomic E-state index is 5.84. The molecule has 0 radical (unpaired) electrons. The van der Waals surface area contributed by atoms with Crippen LogP contribution in [0.3, 0.4) is 0 Å². The molecule has 4 bridgehead atoms. The molecule has 4 saturated carbocycles. The summed E-state index contributed by atoms with van der Waals surface area (Å²) in [6.45, 7) is 0.934. The molecule has 0 saturated heterocycles. The van der Waals surface area contributed by atoms with Crippen molar-refractivity contribution in [2.75, 3.05) is 6.54 Å². The van der Waals surface area contributed by atoms with E-state index >= 15 is 0 Å². The highest BCUT2D eigenvalue weighted by Gasteiger charge is 2.60. The normalized spacial score (nSPS) is 40.7. The summed E-state index contributed by atoms with van der Waals surface area (Å²) >= 11 is 0. The summed E-state index contributed by atoms with van der Waals surface area (Å²) in [4.78, 5) is 10.2. The smallest absolute Gasteiger partial charge is 0.113 e. The van der Waals surface area contributed by atoms with Gasteiger partial charge in [-0.15, -0.1) is 5.06 Å². The Morgan fingerprint density at radius 1 is 1.17 bits per heavy atom. The van der Waals surface area contributed by atoms with Crippen molar-refractivity contribution in [3.8, 4) is 11.8 Å². The molecule has 4 fully saturated rings. The Bertz CT molecular complexity index is 677. The maximum Gasteiger partial charge on any atom is 0.113 e. The van der Waals surface area contributed by atoms with E-state index in [2.05, 4.69) is 28.0 Å². The van der Waals surface area contributed by atoms with E-state index < -0.39 is 0 Å². The Hall–Kier alpha value is -1.79. The van der Waals surface area contributed by atoms with Crippen molar-refractivity contribution in [2.45, 2.75) is 44.1 Å². The molecule has 0 spiro atoms. The van der Waals surface area contributed by atoms with E-state index in [4.69, 9.17) is 4.84 Å². The molecule has 6 rings (SSSR count). The molecule has 23 heavy (non-hydrogen) atoms. The van der Waals surface area contributed by atoms with Gasteiger partial charge in [-0.3, -0.25) is 0 Å². The minimum atomic E-state index is 0.174. The predicted octanol–water partition coefficient (Wildman–Crippen LogP) is 3.53. The van der Waals surface area contributed by atoms with Gasteiger partial charge in [0.15, 0.2) is 0 Å². The summed E-state index contributed by atoms with van der Waals surface area (Å²) < 4.78 is 0. The molecular weight excluding hydrogens is 284 g/mol. The molecule has 1 aliphatic heterocycles. The van der Waals surface area contributed by atoms with Gasteiger partial charge in [-0.1, -0.05) is 12.0 Å². The second-order valence-corrected chi connectivity index (χ2v) is 7.97. The van der Waals surface area contributed by atoms with Gasteiger partial charge in [-0.2, -0.15) is 0 Å². The van der Waals surface area contributed by atoms with Crippen molar-refractivity contribution in [3.63, 3.8) is 0 Å². The largest absolute Gasteiger partial charge is 0.413 e. The van der Waals surface area contributed by atoms with Gasteiger partial charge < -0.3 is 4.84 Å². The van der Waals surface area contributed by atoms with Crippen LogP contribution in [0.15, 0.2) is 36.7 Å². The molecule has 5 aliphatic rings. The molecule has 1 aromatic rings. The number of nitrogens with zero attached hydrogens (tertiary/aromatic N) is 2. The number of hydrogen-bond donors (Lipinski definition) is 0. The number of rotatable bonds is 1. The molecule has 2 atom stereocenters. The van der Waals surface area contributed by atoms with Crippen molar-refractivity contribution in [1.29, 1.82) is 0 Å². The van der Waals surface area contributed by atoms with Crippen LogP contribution >= 0.6 is 0 Å². The van der Waals surface area contributed by atoms with Crippen molar-refractivity contribution >= 4 is 0 Å². The number of pyridine rings is 1. The molecule has 3 heteroatoms. The first kappa shape index (κ1) is 13.6. The third-order valence-electron chi connectivity index (χ3n) is 6.24. The van der Waals surface area contributed by atoms with Crippen LogP contribution in [-0.2, 0) is 4.84 Å². The lowest BCUT2D eigenvalue weighted by atomic mass is 9.47. The fraction of sp³-hybridized carbons (Fsp3) is 0.550. The lowest BCUT2D eigenvalue weighted by molar-refractivity contribution is -0.225. The van der Waals surface area contributed by atoms with Gasteiger partial charge in [0.2, 0.25) is 0 Å².